The van der Waals surface area contributed by atoms with Crippen LogP contribution in [0, 0.1) is 5.92 Å². The SMILES string of the molecule is C/C(=N\c1nc(Sc2ccc(NSc3cccs3)cc2)cc2nccn12)NNCC1CC1. The van der Waals surface area contributed by atoms with Crippen molar-refractivity contribution in [2.45, 2.75) is 33.9 Å². The van der Waals surface area contributed by atoms with Gasteiger partial charge >= 0.3 is 0 Å². The van der Waals surface area contributed by atoms with Crippen molar-refractivity contribution in [3.8, 4) is 0 Å². The summed E-state index contributed by atoms with van der Waals surface area (Å²) >= 11 is 4.95. The number of hydrazine groups is 1. The second-order valence-electron chi connectivity index (χ2n) is 7.46. The minimum atomic E-state index is 0.603. The van der Waals surface area contributed by atoms with Crippen molar-refractivity contribution < 1.29 is 0 Å². The highest BCUT2D eigenvalue weighted by atomic mass is 32.2. The fraction of sp³-hybridized carbons (Fsp3) is 0.227. The van der Waals surface area contributed by atoms with E-state index in [1.165, 1.54) is 17.1 Å². The second-order valence-corrected chi connectivity index (χ2v) is 10.6. The Hall–Kier alpha value is -2.53. The topological polar surface area (TPSA) is 78.6 Å². The van der Waals surface area contributed by atoms with E-state index in [9.17, 15) is 0 Å². The Balaban J connectivity index is 1.27. The summed E-state index contributed by atoms with van der Waals surface area (Å²) in [5.74, 6) is 2.17. The van der Waals surface area contributed by atoms with Crippen molar-refractivity contribution in [3.05, 3.63) is 60.2 Å². The lowest BCUT2D eigenvalue weighted by Gasteiger charge is -2.09. The number of amidine groups is 1. The minimum absolute atomic E-state index is 0.603. The molecule has 0 unspecified atom stereocenters. The van der Waals surface area contributed by atoms with Gasteiger partial charge in [-0.15, -0.1) is 11.3 Å². The van der Waals surface area contributed by atoms with Gasteiger partial charge in [-0.05, 0) is 73.3 Å². The number of hydrogen-bond acceptors (Lipinski definition) is 8. The number of hydrogen-bond donors (Lipinski definition) is 3. The van der Waals surface area contributed by atoms with Crippen LogP contribution in [0.25, 0.3) is 5.65 Å². The first-order valence-corrected chi connectivity index (χ1v) is 12.9. The average molecular weight is 482 g/mol. The molecule has 4 aromatic rings. The number of aliphatic imine (C=N–C) groups is 1. The largest absolute Gasteiger partial charge is 0.325 e. The van der Waals surface area contributed by atoms with E-state index < -0.39 is 0 Å². The van der Waals surface area contributed by atoms with E-state index in [2.05, 4.69) is 67.3 Å². The smallest absolute Gasteiger partial charge is 0.238 e. The summed E-state index contributed by atoms with van der Waals surface area (Å²) in [7, 11) is 0. The fourth-order valence-corrected chi connectivity index (χ4v) is 5.22. The molecule has 0 spiro atoms. The van der Waals surface area contributed by atoms with Crippen LogP contribution in [0.3, 0.4) is 0 Å². The number of rotatable bonds is 9. The summed E-state index contributed by atoms with van der Waals surface area (Å²) in [4.78, 5) is 15.0. The number of fused-ring (bicyclic) bond motifs is 1. The lowest BCUT2D eigenvalue weighted by atomic mass is 10.3. The molecule has 0 bridgehead atoms. The summed E-state index contributed by atoms with van der Waals surface area (Å²) in [5, 5.41) is 2.93. The number of nitrogens with one attached hydrogen (secondary N) is 3. The number of benzene rings is 1. The van der Waals surface area contributed by atoms with Gasteiger partial charge in [0.2, 0.25) is 5.95 Å². The normalized spacial score (nSPS) is 14.1. The number of aromatic nitrogens is 3. The van der Waals surface area contributed by atoms with Gasteiger partial charge in [0, 0.05) is 35.6 Å². The Labute approximate surface area is 199 Å². The number of imidazole rings is 1. The van der Waals surface area contributed by atoms with Crippen molar-refractivity contribution in [1.29, 1.82) is 0 Å². The van der Waals surface area contributed by atoms with Crippen LogP contribution in [-0.4, -0.2) is 26.7 Å². The molecule has 1 aliphatic rings. The van der Waals surface area contributed by atoms with E-state index in [1.54, 1.807) is 41.2 Å². The van der Waals surface area contributed by atoms with Crippen LogP contribution in [0.15, 0.2) is 79.4 Å². The highest BCUT2D eigenvalue weighted by Crippen LogP contribution is 2.31. The average Bonchev–Trinajstić information content (AvgIpc) is 3.24. The summed E-state index contributed by atoms with van der Waals surface area (Å²) in [6.07, 6.45) is 6.27. The number of thiophene rings is 1. The van der Waals surface area contributed by atoms with Crippen LogP contribution < -0.4 is 15.6 Å². The first kappa shape index (κ1) is 21.3. The van der Waals surface area contributed by atoms with Crippen LogP contribution in [0.4, 0.5) is 11.6 Å². The Morgan fingerprint density at radius 3 is 2.91 bits per heavy atom. The molecule has 1 aliphatic carbocycles. The summed E-state index contributed by atoms with van der Waals surface area (Å²) in [6, 6.07) is 14.5. The third-order valence-electron chi connectivity index (χ3n) is 4.81. The van der Waals surface area contributed by atoms with E-state index in [1.807, 2.05) is 23.6 Å². The Morgan fingerprint density at radius 1 is 1.25 bits per heavy atom. The summed E-state index contributed by atoms with van der Waals surface area (Å²) in [6.45, 7) is 2.90. The molecule has 10 heteroatoms. The van der Waals surface area contributed by atoms with E-state index in [4.69, 9.17) is 4.98 Å². The van der Waals surface area contributed by atoms with E-state index >= 15 is 0 Å². The molecule has 164 valence electrons. The molecule has 7 nitrogen and oxygen atoms in total. The molecule has 0 radical (unpaired) electrons. The van der Waals surface area contributed by atoms with Crippen molar-refractivity contribution in [2.24, 2.45) is 10.9 Å². The van der Waals surface area contributed by atoms with Crippen molar-refractivity contribution >= 4 is 58.2 Å². The monoisotopic (exact) mass is 481 g/mol. The van der Waals surface area contributed by atoms with Gasteiger partial charge in [0.05, 0.1) is 4.21 Å². The van der Waals surface area contributed by atoms with Crippen molar-refractivity contribution in [1.82, 2.24) is 25.2 Å². The Kier molecular flexibility index (Phi) is 6.63. The molecule has 3 N–H and O–H groups in total. The van der Waals surface area contributed by atoms with Gasteiger partial charge in [-0.3, -0.25) is 4.40 Å². The van der Waals surface area contributed by atoms with Gasteiger partial charge in [-0.2, -0.15) is 4.99 Å². The van der Waals surface area contributed by atoms with E-state index in [-0.39, 0.29) is 0 Å². The first-order chi connectivity index (χ1) is 15.7. The van der Waals surface area contributed by atoms with Gasteiger partial charge in [-0.25, -0.2) is 15.4 Å². The molecule has 1 fully saturated rings. The van der Waals surface area contributed by atoms with Crippen LogP contribution in [0.1, 0.15) is 19.8 Å². The number of anilines is 1. The standard InChI is InChI=1S/C22H23N7S3/c1-15(27-24-14-16-4-5-16)25-22-26-20(13-19-23-10-11-29(19)22)31-18-8-6-17(7-9-18)28-32-21-3-2-12-30-21/h2-3,6-13,16,24,28H,4-5,14H2,1H3,(H,25,26,27). The molecule has 5 rings (SSSR count). The maximum Gasteiger partial charge on any atom is 0.238 e. The minimum Gasteiger partial charge on any atom is -0.325 e. The van der Waals surface area contributed by atoms with Gasteiger partial charge in [-0.1, -0.05) is 17.8 Å². The first-order valence-electron chi connectivity index (χ1n) is 10.4. The zero-order valence-electron chi connectivity index (χ0n) is 17.5. The Bertz CT molecular complexity index is 1200. The molecule has 1 aromatic carbocycles. The fourth-order valence-electron chi connectivity index (χ4n) is 2.98. The van der Waals surface area contributed by atoms with Crippen molar-refractivity contribution in [3.63, 3.8) is 0 Å². The molecule has 1 saturated carbocycles. The predicted molar refractivity (Wildman–Crippen MR) is 134 cm³/mol. The van der Waals surface area contributed by atoms with Gasteiger partial charge in [0.25, 0.3) is 0 Å². The molecule has 0 aliphatic heterocycles. The molecular formula is C22H23N7S3. The van der Waals surface area contributed by atoms with Crippen LogP contribution in [0.2, 0.25) is 0 Å². The zero-order chi connectivity index (χ0) is 21.8. The Morgan fingerprint density at radius 2 is 2.12 bits per heavy atom. The zero-order valence-corrected chi connectivity index (χ0v) is 19.9. The highest BCUT2D eigenvalue weighted by Gasteiger charge is 2.20. The maximum absolute atomic E-state index is 4.77. The predicted octanol–water partition coefficient (Wildman–Crippen LogP) is 5.62. The quantitative estimate of drug-likeness (QED) is 0.0942. The molecule has 0 amide bonds. The van der Waals surface area contributed by atoms with E-state index in [0.717, 1.165) is 39.6 Å². The van der Waals surface area contributed by atoms with Gasteiger partial charge in [0.15, 0.2) is 0 Å². The molecule has 32 heavy (non-hydrogen) atoms. The maximum atomic E-state index is 4.77. The molecule has 3 aromatic heterocycles. The van der Waals surface area contributed by atoms with Gasteiger partial charge < -0.3 is 10.1 Å². The third kappa shape index (κ3) is 5.63. The van der Waals surface area contributed by atoms with Crippen LogP contribution in [-0.2, 0) is 0 Å². The van der Waals surface area contributed by atoms with E-state index in [0.29, 0.717) is 5.95 Å². The summed E-state index contributed by atoms with van der Waals surface area (Å²) < 4.78 is 6.51. The van der Waals surface area contributed by atoms with Crippen LogP contribution in [0.5, 0.6) is 0 Å². The lowest BCUT2D eigenvalue weighted by molar-refractivity contribution is 0.606. The molecule has 0 saturated heterocycles. The lowest BCUT2D eigenvalue weighted by Crippen LogP contribution is -2.37. The van der Waals surface area contributed by atoms with Crippen molar-refractivity contribution in [2.75, 3.05) is 11.3 Å². The van der Waals surface area contributed by atoms with Crippen LogP contribution >= 0.6 is 35.0 Å². The highest BCUT2D eigenvalue weighted by molar-refractivity contribution is 8.02. The summed E-state index contributed by atoms with van der Waals surface area (Å²) in [5.41, 5.74) is 8.30. The third-order valence-corrected chi connectivity index (χ3v) is 7.61. The van der Waals surface area contributed by atoms with Gasteiger partial charge in [0.1, 0.15) is 16.5 Å². The molecule has 0 atom stereocenters. The molecule has 3 heterocycles. The molecular weight excluding hydrogens is 458 g/mol. The number of nitrogens with zero attached hydrogens (tertiary/aromatic N) is 4. The second kappa shape index (κ2) is 9.95.